The first-order valence-electron chi connectivity index (χ1n) is 15.7. The van der Waals surface area contributed by atoms with Gasteiger partial charge in [-0.25, -0.2) is 18.0 Å². The quantitative estimate of drug-likeness (QED) is 0.149. The van der Waals surface area contributed by atoms with Gasteiger partial charge in [-0.05, 0) is 63.1 Å². The molecule has 0 aliphatic carbocycles. The van der Waals surface area contributed by atoms with Crippen LogP contribution in [-0.4, -0.2) is 68.4 Å². The minimum Gasteiger partial charge on any atom is -0.467 e. The highest BCUT2D eigenvalue weighted by Gasteiger charge is 2.57. The summed E-state index contributed by atoms with van der Waals surface area (Å²) in [6, 6.07) is 14.8. The van der Waals surface area contributed by atoms with Gasteiger partial charge in [0.25, 0.3) is 0 Å². The van der Waals surface area contributed by atoms with Crippen LogP contribution in [0.1, 0.15) is 78.2 Å². The maximum absolute atomic E-state index is 14.3. The molecule has 2 aromatic carbocycles. The Morgan fingerprint density at radius 2 is 1.69 bits per heavy atom. The largest absolute Gasteiger partial charge is 0.467 e. The van der Waals surface area contributed by atoms with Crippen molar-refractivity contribution in [1.29, 1.82) is 0 Å². The van der Waals surface area contributed by atoms with Gasteiger partial charge in [-0.1, -0.05) is 80.4 Å². The maximum atomic E-state index is 14.3. The van der Waals surface area contributed by atoms with Gasteiger partial charge in [0.15, 0.2) is 9.84 Å². The van der Waals surface area contributed by atoms with Crippen LogP contribution >= 0.6 is 0 Å². The number of hydrogen-bond acceptors (Lipinski definition) is 7. The number of nitrogens with one attached hydrogen (secondary N) is 1. The lowest BCUT2D eigenvalue weighted by Crippen LogP contribution is -2.53. The number of likely N-dealkylation sites (tertiary alicyclic amines) is 1. The summed E-state index contributed by atoms with van der Waals surface area (Å²) in [6.07, 6.45) is 4.70. The molecule has 1 aliphatic rings. The van der Waals surface area contributed by atoms with Crippen LogP contribution in [0.15, 0.2) is 67.3 Å². The fraction of sp³-hybridized carbons (Fsp3) is 0.514. The molecule has 1 unspecified atom stereocenters. The number of esters is 1. The molecule has 3 atom stereocenters. The van der Waals surface area contributed by atoms with E-state index in [1.54, 1.807) is 39.8 Å². The second-order valence-electron chi connectivity index (χ2n) is 12.6. The highest BCUT2D eigenvalue weighted by molar-refractivity contribution is 7.92. The highest BCUT2D eigenvalue weighted by Crippen LogP contribution is 2.44. The van der Waals surface area contributed by atoms with Gasteiger partial charge in [0, 0.05) is 13.0 Å². The number of rotatable bonds is 14. The molecule has 1 N–H and O–H groups in total. The van der Waals surface area contributed by atoms with Crippen LogP contribution in [0.25, 0.3) is 11.1 Å². The SMILES string of the molecule is C=CCCCCCC(NC(=O)OC(C)(C)C)C(=O)N1C[C@@](c2ccc(-c3ccccc3)cc2)(S(=O)(=O)CCC)C[C@H]1C(=O)OC. The van der Waals surface area contributed by atoms with Crippen molar-refractivity contribution < 1.29 is 32.3 Å². The summed E-state index contributed by atoms with van der Waals surface area (Å²) >= 11 is 0. The Morgan fingerprint density at radius 1 is 1.04 bits per heavy atom. The summed E-state index contributed by atoms with van der Waals surface area (Å²) < 4.78 is 37.2. The van der Waals surface area contributed by atoms with Gasteiger partial charge in [0.2, 0.25) is 5.91 Å². The molecular formula is C35H48N2O7S. The van der Waals surface area contributed by atoms with Gasteiger partial charge in [-0.3, -0.25) is 4.79 Å². The number of methoxy groups -OCH3 is 1. The Labute approximate surface area is 268 Å². The molecular weight excluding hydrogens is 592 g/mol. The van der Waals surface area contributed by atoms with Crippen molar-refractivity contribution in [2.24, 2.45) is 0 Å². The van der Waals surface area contributed by atoms with Crippen molar-refractivity contribution in [3.63, 3.8) is 0 Å². The number of amides is 2. The van der Waals surface area contributed by atoms with Crippen molar-refractivity contribution in [1.82, 2.24) is 10.2 Å². The number of benzene rings is 2. The standard InChI is InChI=1S/C35H48N2O7S/c1-7-9-10-11-15-18-29(36-33(40)44-34(3,4)5)31(38)37-25-35(45(41,42)23-8-2,24-30(37)32(39)43-6)28-21-19-27(20-22-28)26-16-13-12-14-17-26/h7,12-14,16-17,19-22,29-30H,1,8-11,15,18,23-25H2,2-6H3,(H,36,40)/t29?,30-,35-/m0/s1. The number of carbonyl (C=O) groups excluding carboxylic acids is 3. The lowest BCUT2D eigenvalue weighted by molar-refractivity contribution is -0.151. The number of hydrogen-bond donors (Lipinski definition) is 1. The van der Waals surface area contributed by atoms with Gasteiger partial charge < -0.3 is 19.7 Å². The lowest BCUT2D eigenvalue weighted by Gasteiger charge is -2.31. The number of carbonyl (C=O) groups is 3. The van der Waals surface area contributed by atoms with E-state index in [0.717, 1.165) is 30.4 Å². The third-order valence-corrected chi connectivity index (χ3v) is 10.7. The van der Waals surface area contributed by atoms with E-state index in [1.165, 1.54) is 12.0 Å². The van der Waals surface area contributed by atoms with E-state index in [1.807, 2.05) is 48.5 Å². The third kappa shape index (κ3) is 8.96. The summed E-state index contributed by atoms with van der Waals surface area (Å²) in [5.74, 6) is -1.37. The molecule has 1 aliphatic heterocycles. The van der Waals surface area contributed by atoms with Crippen molar-refractivity contribution in [2.75, 3.05) is 19.4 Å². The van der Waals surface area contributed by atoms with Crippen LogP contribution in [0.3, 0.4) is 0 Å². The molecule has 0 spiro atoms. The van der Waals surface area contributed by atoms with Crippen LogP contribution in [0, 0.1) is 0 Å². The summed E-state index contributed by atoms with van der Waals surface area (Å²) in [7, 11) is -2.65. The second-order valence-corrected chi connectivity index (χ2v) is 15.0. The fourth-order valence-electron chi connectivity index (χ4n) is 5.85. The van der Waals surface area contributed by atoms with Crippen molar-refractivity contribution >= 4 is 27.8 Å². The molecule has 1 fully saturated rings. The van der Waals surface area contributed by atoms with E-state index in [9.17, 15) is 22.8 Å². The number of nitrogens with zero attached hydrogens (tertiary/aromatic N) is 1. The fourth-order valence-corrected chi connectivity index (χ4v) is 8.02. The summed E-state index contributed by atoms with van der Waals surface area (Å²) in [5.41, 5.74) is 1.60. The molecule has 10 heteroatoms. The smallest absolute Gasteiger partial charge is 0.408 e. The zero-order valence-electron chi connectivity index (χ0n) is 27.2. The zero-order chi connectivity index (χ0) is 33.3. The minimum atomic E-state index is -3.87. The van der Waals surface area contributed by atoms with Gasteiger partial charge in [-0.2, -0.15) is 0 Å². The first-order chi connectivity index (χ1) is 21.3. The molecule has 45 heavy (non-hydrogen) atoms. The molecule has 246 valence electrons. The molecule has 2 aromatic rings. The topological polar surface area (TPSA) is 119 Å². The van der Waals surface area contributed by atoms with E-state index >= 15 is 0 Å². The Bertz CT molecular complexity index is 1420. The van der Waals surface area contributed by atoms with Crippen molar-refractivity contribution in [3.8, 4) is 11.1 Å². The number of alkyl carbamates (subject to hydrolysis) is 1. The predicted octanol–water partition coefficient (Wildman–Crippen LogP) is 6.18. The predicted molar refractivity (Wildman–Crippen MR) is 176 cm³/mol. The van der Waals surface area contributed by atoms with Gasteiger partial charge in [0.1, 0.15) is 22.4 Å². The van der Waals surface area contributed by atoms with Crippen LogP contribution in [0.2, 0.25) is 0 Å². The first kappa shape index (κ1) is 35.8. The molecule has 0 saturated carbocycles. The van der Waals surface area contributed by atoms with Gasteiger partial charge >= 0.3 is 12.1 Å². The molecule has 3 rings (SSSR count). The average Bonchev–Trinajstić information content (AvgIpc) is 3.42. The number of unbranched alkanes of at least 4 members (excludes halogenated alkanes) is 3. The molecule has 1 saturated heterocycles. The zero-order valence-corrected chi connectivity index (χ0v) is 28.0. The Morgan fingerprint density at radius 3 is 2.27 bits per heavy atom. The molecule has 1 heterocycles. The number of sulfone groups is 1. The highest BCUT2D eigenvalue weighted by atomic mass is 32.2. The lowest BCUT2D eigenvalue weighted by atomic mass is 9.93. The van der Waals surface area contributed by atoms with E-state index in [2.05, 4.69) is 11.9 Å². The molecule has 0 bridgehead atoms. The third-order valence-electron chi connectivity index (χ3n) is 8.06. The van der Waals surface area contributed by atoms with E-state index in [-0.39, 0.29) is 18.7 Å². The van der Waals surface area contributed by atoms with Crippen molar-refractivity contribution in [2.45, 2.75) is 95.1 Å². The van der Waals surface area contributed by atoms with E-state index in [4.69, 9.17) is 9.47 Å². The van der Waals surface area contributed by atoms with Crippen LogP contribution in [0.4, 0.5) is 4.79 Å². The van der Waals surface area contributed by atoms with Crippen LogP contribution in [0.5, 0.6) is 0 Å². The number of ether oxygens (including phenoxy) is 2. The Balaban J connectivity index is 2.04. The van der Waals surface area contributed by atoms with E-state index < -0.39 is 50.2 Å². The summed E-state index contributed by atoms with van der Waals surface area (Å²) in [5, 5.41) is 2.70. The summed E-state index contributed by atoms with van der Waals surface area (Å²) in [6.45, 7) is 10.5. The Hall–Kier alpha value is -3.66. The minimum absolute atomic E-state index is 0.119. The molecule has 9 nitrogen and oxygen atoms in total. The Kier molecular flexibility index (Phi) is 12.4. The monoisotopic (exact) mass is 640 g/mol. The summed E-state index contributed by atoms with van der Waals surface area (Å²) in [4.78, 5) is 41.6. The maximum Gasteiger partial charge on any atom is 0.408 e. The average molecular weight is 641 g/mol. The second kappa shape index (κ2) is 15.6. The normalized spacial score (nSPS) is 19.0. The van der Waals surface area contributed by atoms with E-state index in [0.29, 0.717) is 24.8 Å². The van der Waals surface area contributed by atoms with Crippen molar-refractivity contribution in [3.05, 3.63) is 72.8 Å². The van der Waals surface area contributed by atoms with Crippen LogP contribution in [-0.2, 0) is 33.6 Å². The van der Waals surface area contributed by atoms with Gasteiger partial charge in [0.05, 0.1) is 12.9 Å². The first-order valence-corrected chi connectivity index (χ1v) is 17.3. The number of allylic oxidation sites excluding steroid dienone is 1. The van der Waals surface area contributed by atoms with Crippen LogP contribution < -0.4 is 5.32 Å². The van der Waals surface area contributed by atoms with Gasteiger partial charge in [-0.15, -0.1) is 6.58 Å². The molecule has 0 radical (unpaired) electrons. The molecule has 2 amide bonds. The molecule has 0 aromatic heterocycles.